The average molecular weight is 475 g/mol. The fourth-order valence-corrected chi connectivity index (χ4v) is 4.52. The van der Waals surface area contributed by atoms with Crippen LogP contribution in [0, 0.1) is 15.5 Å². The van der Waals surface area contributed by atoms with Crippen LogP contribution < -0.4 is 4.74 Å². The van der Waals surface area contributed by atoms with E-state index in [1.807, 2.05) is 0 Å². The van der Waals surface area contributed by atoms with Gasteiger partial charge in [0, 0.05) is 6.26 Å². The Morgan fingerprint density at radius 3 is 2.72 bits per heavy atom. The second-order valence-electron chi connectivity index (χ2n) is 6.50. The second-order valence-corrected chi connectivity index (χ2v) is 9.65. The van der Waals surface area contributed by atoms with Gasteiger partial charge in [-0.2, -0.15) is 10.0 Å². The minimum Gasteiger partial charge on any atom is -0.497 e. The summed E-state index contributed by atoms with van der Waals surface area (Å²) < 4.78 is 33.8. The highest BCUT2D eigenvalue weighted by atomic mass is 32.3. The van der Waals surface area contributed by atoms with Crippen molar-refractivity contribution in [2.75, 3.05) is 13.4 Å². The molecule has 2 aliphatic heterocycles. The molecule has 1 amide bonds. The normalized spacial score (nSPS) is 17.3. The van der Waals surface area contributed by atoms with Crippen molar-refractivity contribution in [1.82, 2.24) is 5.01 Å². The van der Waals surface area contributed by atoms with Crippen LogP contribution in [0.25, 0.3) is 17.4 Å². The van der Waals surface area contributed by atoms with E-state index >= 15 is 0 Å². The number of hydrogen-bond acceptors (Lipinski definition) is 10. The molecule has 0 saturated carbocycles. The first-order valence-electron chi connectivity index (χ1n) is 8.71. The standard InChI is InChI=1S/C18H13N5O7S2/c1-29-9-3-5-11(13(8-9)23(25)26)14-6-4-10(30-14)7-12-15(19)22-17(20-16(12)24)31-18(21-22)32(2,27)28/h3-8,19H,1-2H3/b12-7+,19-15?. The van der Waals surface area contributed by atoms with E-state index in [1.165, 1.54) is 37.5 Å². The molecule has 2 aromatic rings. The molecule has 1 N–H and O–H groups in total. The maximum absolute atomic E-state index is 12.4. The number of hydrazone groups is 1. The van der Waals surface area contributed by atoms with Crippen molar-refractivity contribution in [3.63, 3.8) is 0 Å². The topological polar surface area (TPSA) is 169 Å². The molecule has 3 heterocycles. The van der Waals surface area contributed by atoms with Crippen LogP contribution in [0.5, 0.6) is 5.75 Å². The quantitative estimate of drug-likeness (QED) is 0.396. The lowest BCUT2D eigenvalue weighted by Gasteiger charge is -2.19. The van der Waals surface area contributed by atoms with Crippen molar-refractivity contribution in [3.8, 4) is 17.1 Å². The Balaban J connectivity index is 1.69. The Morgan fingerprint density at radius 2 is 2.06 bits per heavy atom. The van der Waals surface area contributed by atoms with Gasteiger partial charge in [0.15, 0.2) is 5.84 Å². The molecule has 164 valence electrons. The first kappa shape index (κ1) is 21.5. The number of nitrogens with zero attached hydrogens (tertiary/aromatic N) is 4. The summed E-state index contributed by atoms with van der Waals surface area (Å²) in [5.41, 5.74) is -0.215. The van der Waals surface area contributed by atoms with Gasteiger partial charge in [-0.25, -0.2) is 8.42 Å². The fourth-order valence-electron chi connectivity index (χ4n) is 2.84. The maximum atomic E-state index is 12.4. The number of amides is 1. The van der Waals surface area contributed by atoms with E-state index in [0.29, 0.717) is 17.5 Å². The first-order chi connectivity index (χ1) is 15.1. The number of nitro benzene ring substituents is 1. The molecule has 0 fully saturated rings. The summed E-state index contributed by atoms with van der Waals surface area (Å²) in [6, 6.07) is 7.23. The molecule has 12 nitrogen and oxygen atoms in total. The van der Waals surface area contributed by atoms with Crippen LogP contribution in [0.4, 0.5) is 5.69 Å². The van der Waals surface area contributed by atoms with E-state index in [4.69, 9.17) is 14.6 Å². The molecule has 0 spiro atoms. The fraction of sp³-hybridized carbons (Fsp3) is 0.111. The zero-order chi connectivity index (χ0) is 23.2. The number of hydrogen-bond donors (Lipinski definition) is 1. The highest BCUT2D eigenvalue weighted by molar-refractivity contribution is 8.42. The summed E-state index contributed by atoms with van der Waals surface area (Å²) in [6.07, 6.45) is 2.20. The Hall–Kier alpha value is -3.78. The summed E-state index contributed by atoms with van der Waals surface area (Å²) >= 11 is 0.678. The number of sulfone groups is 1. The molecule has 4 rings (SSSR count). The van der Waals surface area contributed by atoms with Gasteiger partial charge in [-0.05, 0) is 42.1 Å². The molecule has 14 heteroatoms. The third kappa shape index (κ3) is 3.80. The van der Waals surface area contributed by atoms with Crippen molar-refractivity contribution in [1.29, 1.82) is 5.41 Å². The Kier molecular flexibility index (Phi) is 5.18. The number of rotatable bonds is 4. The summed E-state index contributed by atoms with van der Waals surface area (Å²) in [4.78, 5) is 27.1. The van der Waals surface area contributed by atoms with Gasteiger partial charge in [0.05, 0.1) is 29.2 Å². The van der Waals surface area contributed by atoms with Crippen molar-refractivity contribution in [2.24, 2.45) is 10.1 Å². The molecular formula is C18H13N5O7S2. The van der Waals surface area contributed by atoms with Crippen molar-refractivity contribution >= 4 is 54.6 Å². The van der Waals surface area contributed by atoms with Crippen LogP contribution >= 0.6 is 11.8 Å². The number of benzene rings is 1. The lowest BCUT2D eigenvalue weighted by molar-refractivity contribution is -0.384. The first-order valence-corrected chi connectivity index (χ1v) is 11.4. The van der Waals surface area contributed by atoms with Crippen LogP contribution in [0.15, 0.2) is 50.4 Å². The van der Waals surface area contributed by atoms with Gasteiger partial charge < -0.3 is 9.15 Å². The number of ether oxygens (including phenoxy) is 1. The van der Waals surface area contributed by atoms with Gasteiger partial charge in [0.2, 0.25) is 19.4 Å². The Labute approximate surface area is 184 Å². The summed E-state index contributed by atoms with van der Waals surface area (Å²) in [7, 11) is -2.25. The second kappa shape index (κ2) is 7.72. The van der Waals surface area contributed by atoms with Gasteiger partial charge in [-0.1, -0.05) is 0 Å². The molecule has 32 heavy (non-hydrogen) atoms. The predicted molar refractivity (Wildman–Crippen MR) is 117 cm³/mol. The summed E-state index contributed by atoms with van der Waals surface area (Å²) in [5, 5.41) is 24.4. The molecule has 0 saturated heterocycles. The molecule has 1 aromatic carbocycles. The molecule has 0 bridgehead atoms. The van der Waals surface area contributed by atoms with Gasteiger partial charge in [-0.3, -0.25) is 20.3 Å². The Morgan fingerprint density at radius 1 is 1.31 bits per heavy atom. The van der Waals surface area contributed by atoms with E-state index in [1.54, 1.807) is 6.07 Å². The van der Waals surface area contributed by atoms with E-state index in [9.17, 15) is 23.3 Å². The average Bonchev–Trinajstić information content (AvgIpc) is 3.37. The van der Waals surface area contributed by atoms with E-state index in [0.717, 1.165) is 11.3 Å². The van der Waals surface area contributed by atoms with Crippen LogP contribution in [-0.2, 0) is 14.6 Å². The summed E-state index contributed by atoms with van der Waals surface area (Å²) in [5.74, 6) is -0.538. The molecule has 0 unspecified atom stereocenters. The number of aliphatic imine (C=N–C) groups is 1. The van der Waals surface area contributed by atoms with Gasteiger partial charge >= 0.3 is 0 Å². The number of fused-ring (bicyclic) bond motifs is 1. The number of methoxy groups -OCH3 is 1. The lowest BCUT2D eigenvalue weighted by Crippen LogP contribution is -2.35. The van der Waals surface area contributed by atoms with E-state index in [2.05, 4.69) is 10.1 Å². The molecule has 2 aliphatic rings. The Bertz CT molecular complexity index is 1390. The molecule has 0 aliphatic carbocycles. The van der Waals surface area contributed by atoms with Crippen LogP contribution in [0.2, 0.25) is 0 Å². The van der Waals surface area contributed by atoms with Crippen molar-refractivity contribution in [2.45, 2.75) is 0 Å². The summed E-state index contributed by atoms with van der Waals surface area (Å²) in [6.45, 7) is 0. The highest BCUT2D eigenvalue weighted by Crippen LogP contribution is 2.35. The van der Waals surface area contributed by atoms with Gasteiger partial charge in [0.25, 0.3) is 11.6 Å². The monoisotopic (exact) mass is 475 g/mol. The lowest BCUT2D eigenvalue weighted by atomic mass is 10.1. The van der Waals surface area contributed by atoms with Crippen molar-refractivity contribution < 1.29 is 27.3 Å². The van der Waals surface area contributed by atoms with Crippen LogP contribution in [0.3, 0.4) is 0 Å². The van der Waals surface area contributed by atoms with Crippen LogP contribution in [-0.4, -0.2) is 53.0 Å². The highest BCUT2D eigenvalue weighted by Gasteiger charge is 2.38. The number of amidine groups is 2. The SMILES string of the molecule is COc1ccc(-c2ccc(/C=C3\C(=N)N4N=C(S(C)(=O)=O)SC4=NC3=O)o2)c([N+](=O)[O-])c1. The zero-order valence-corrected chi connectivity index (χ0v) is 18.1. The third-order valence-electron chi connectivity index (χ3n) is 4.33. The zero-order valence-electron chi connectivity index (χ0n) is 16.4. The van der Waals surface area contributed by atoms with Gasteiger partial charge in [-0.15, -0.1) is 5.10 Å². The minimum absolute atomic E-state index is 0.0356. The molecule has 1 aromatic heterocycles. The van der Waals surface area contributed by atoms with Crippen LogP contribution in [0.1, 0.15) is 5.76 Å². The number of nitrogens with one attached hydrogen (secondary N) is 1. The number of thioether (sulfide) groups is 1. The van der Waals surface area contributed by atoms with E-state index < -0.39 is 20.7 Å². The third-order valence-corrected chi connectivity index (χ3v) is 6.91. The molecule has 0 radical (unpaired) electrons. The minimum atomic E-state index is -3.64. The van der Waals surface area contributed by atoms with Gasteiger partial charge in [0.1, 0.15) is 17.3 Å². The number of carbonyl (C=O) groups excluding carboxylic acids is 1. The maximum Gasteiger partial charge on any atom is 0.284 e. The predicted octanol–water partition coefficient (Wildman–Crippen LogP) is 2.48. The molecule has 0 atom stereocenters. The number of furan rings is 1. The number of carbonyl (C=O) groups is 1. The van der Waals surface area contributed by atoms with Crippen molar-refractivity contribution in [3.05, 3.63) is 51.8 Å². The smallest absolute Gasteiger partial charge is 0.284 e. The van der Waals surface area contributed by atoms with E-state index in [-0.39, 0.29) is 43.7 Å². The molecular weight excluding hydrogens is 462 g/mol. The number of nitro groups is 1. The largest absolute Gasteiger partial charge is 0.497 e.